The van der Waals surface area contributed by atoms with Crippen molar-refractivity contribution in [2.45, 2.75) is 32.4 Å². The number of rotatable bonds is 6. The standard InChI is InChI=1S/C25H34N4O/c1-27-15-17-29(18-16-27)24-11-7-21(8-12-24)19-26-25(30)23-9-5-22(6-10-23)20-28-13-3-2-4-14-28/h5-12H,2-4,13-20H2,1H3,(H,26,30). The second-order valence-electron chi connectivity index (χ2n) is 8.67. The average molecular weight is 407 g/mol. The molecule has 4 rings (SSSR count). The molecule has 0 aromatic heterocycles. The number of anilines is 1. The molecule has 2 heterocycles. The summed E-state index contributed by atoms with van der Waals surface area (Å²) < 4.78 is 0. The molecule has 2 saturated heterocycles. The lowest BCUT2D eigenvalue weighted by Gasteiger charge is -2.34. The molecule has 5 heteroatoms. The van der Waals surface area contributed by atoms with Gasteiger partial charge in [0.2, 0.25) is 0 Å². The smallest absolute Gasteiger partial charge is 0.251 e. The van der Waals surface area contributed by atoms with Crippen LogP contribution in [0.3, 0.4) is 0 Å². The van der Waals surface area contributed by atoms with E-state index in [4.69, 9.17) is 0 Å². The summed E-state index contributed by atoms with van der Waals surface area (Å²) >= 11 is 0. The zero-order chi connectivity index (χ0) is 20.8. The van der Waals surface area contributed by atoms with Crippen molar-refractivity contribution in [2.24, 2.45) is 0 Å². The van der Waals surface area contributed by atoms with Gasteiger partial charge in [-0.2, -0.15) is 0 Å². The number of hydrogen-bond donors (Lipinski definition) is 1. The summed E-state index contributed by atoms with van der Waals surface area (Å²) in [4.78, 5) is 19.8. The zero-order valence-electron chi connectivity index (χ0n) is 18.1. The van der Waals surface area contributed by atoms with E-state index in [0.717, 1.165) is 43.9 Å². The molecule has 1 N–H and O–H groups in total. The molecule has 0 saturated carbocycles. The Morgan fingerprint density at radius 2 is 1.43 bits per heavy atom. The molecule has 5 nitrogen and oxygen atoms in total. The minimum atomic E-state index is -0.0114. The Balaban J connectivity index is 1.25. The van der Waals surface area contributed by atoms with Crippen LogP contribution in [-0.2, 0) is 13.1 Å². The maximum Gasteiger partial charge on any atom is 0.251 e. The third kappa shape index (κ3) is 5.61. The first-order valence-corrected chi connectivity index (χ1v) is 11.3. The Morgan fingerprint density at radius 1 is 0.800 bits per heavy atom. The lowest BCUT2D eigenvalue weighted by Crippen LogP contribution is -2.44. The van der Waals surface area contributed by atoms with E-state index in [-0.39, 0.29) is 5.91 Å². The third-order valence-corrected chi connectivity index (χ3v) is 6.33. The fourth-order valence-corrected chi connectivity index (χ4v) is 4.31. The summed E-state index contributed by atoms with van der Waals surface area (Å²) in [6.07, 6.45) is 3.96. The number of amides is 1. The highest BCUT2D eigenvalue weighted by Gasteiger charge is 2.14. The molecule has 0 aliphatic carbocycles. The number of nitrogens with zero attached hydrogens (tertiary/aromatic N) is 3. The summed E-state index contributed by atoms with van der Waals surface area (Å²) in [5, 5.41) is 3.05. The van der Waals surface area contributed by atoms with Crippen molar-refractivity contribution in [1.29, 1.82) is 0 Å². The van der Waals surface area contributed by atoms with Crippen LogP contribution in [0.1, 0.15) is 40.7 Å². The molecule has 0 bridgehead atoms. The number of nitrogens with one attached hydrogen (secondary N) is 1. The molecular weight excluding hydrogens is 372 g/mol. The minimum Gasteiger partial charge on any atom is -0.369 e. The van der Waals surface area contributed by atoms with Gasteiger partial charge >= 0.3 is 0 Å². The van der Waals surface area contributed by atoms with Gasteiger partial charge in [-0.25, -0.2) is 0 Å². The van der Waals surface area contributed by atoms with Crippen molar-refractivity contribution in [1.82, 2.24) is 15.1 Å². The summed E-state index contributed by atoms with van der Waals surface area (Å²) in [7, 11) is 2.17. The van der Waals surface area contributed by atoms with Gasteiger partial charge in [0, 0.05) is 50.5 Å². The fraction of sp³-hybridized carbons (Fsp3) is 0.480. The maximum absolute atomic E-state index is 12.5. The molecule has 0 spiro atoms. The van der Waals surface area contributed by atoms with Crippen LogP contribution in [-0.4, -0.2) is 62.0 Å². The molecule has 0 atom stereocenters. The highest BCUT2D eigenvalue weighted by Crippen LogP contribution is 2.17. The Labute approximate surface area is 180 Å². The minimum absolute atomic E-state index is 0.0114. The van der Waals surface area contributed by atoms with E-state index in [0.29, 0.717) is 6.54 Å². The molecule has 30 heavy (non-hydrogen) atoms. The number of piperazine rings is 1. The molecular formula is C25H34N4O. The lowest BCUT2D eigenvalue weighted by atomic mass is 10.1. The van der Waals surface area contributed by atoms with Gasteiger partial charge in [-0.05, 0) is 68.4 Å². The van der Waals surface area contributed by atoms with Gasteiger partial charge in [-0.15, -0.1) is 0 Å². The lowest BCUT2D eigenvalue weighted by molar-refractivity contribution is 0.0951. The van der Waals surface area contributed by atoms with Gasteiger partial charge in [0.25, 0.3) is 5.91 Å². The SMILES string of the molecule is CN1CCN(c2ccc(CNC(=O)c3ccc(CN4CCCCC4)cc3)cc2)CC1. The first kappa shape index (κ1) is 20.9. The second-order valence-corrected chi connectivity index (χ2v) is 8.67. The topological polar surface area (TPSA) is 38.8 Å². The highest BCUT2D eigenvalue weighted by molar-refractivity contribution is 5.94. The highest BCUT2D eigenvalue weighted by atomic mass is 16.1. The summed E-state index contributed by atoms with van der Waals surface area (Å²) in [5.41, 5.74) is 4.41. The second kappa shape index (κ2) is 10.1. The first-order chi connectivity index (χ1) is 14.7. The van der Waals surface area contributed by atoms with Gasteiger partial charge in [0.15, 0.2) is 0 Å². The Bertz CT molecular complexity index is 804. The number of carbonyl (C=O) groups is 1. The molecule has 0 unspecified atom stereocenters. The van der Waals surface area contributed by atoms with E-state index in [1.165, 1.54) is 43.6 Å². The molecule has 2 aliphatic heterocycles. The van der Waals surface area contributed by atoms with Crippen molar-refractivity contribution in [2.75, 3.05) is 51.2 Å². The van der Waals surface area contributed by atoms with Crippen molar-refractivity contribution in [3.8, 4) is 0 Å². The van der Waals surface area contributed by atoms with Crippen LogP contribution in [0.4, 0.5) is 5.69 Å². The largest absolute Gasteiger partial charge is 0.369 e. The van der Waals surface area contributed by atoms with Crippen molar-refractivity contribution >= 4 is 11.6 Å². The normalized spacial score (nSPS) is 18.4. The van der Waals surface area contributed by atoms with E-state index in [2.05, 4.69) is 63.5 Å². The van der Waals surface area contributed by atoms with Gasteiger partial charge in [0.1, 0.15) is 0 Å². The molecule has 1 amide bonds. The number of piperidine rings is 1. The molecule has 2 aromatic rings. The van der Waals surface area contributed by atoms with E-state index >= 15 is 0 Å². The van der Waals surface area contributed by atoms with Gasteiger partial charge in [0.05, 0.1) is 0 Å². The summed E-state index contributed by atoms with van der Waals surface area (Å²) in [6.45, 7) is 8.27. The van der Waals surface area contributed by atoms with Crippen LogP contribution in [0.5, 0.6) is 0 Å². The predicted octanol–water partition coefficient (Wildman–Crippen LogP) is 3.35. The monoisotopic (exact) mass is 406 g/mol. The van der Waals surface area contributed by atoms with Gasteiger partial charge in [-0.1, -0.05) is 30.7 Å². The van der Waals surface area contributed by atoms with Crippen LogP contribution >= 0.6 is 0 Å². The van der Waals surface area contributed by atoms with Crippen LogP contribution in [0, 0.1) is 0 Å². The Morgan fingerprint density at radius 3 is 2.10 bits per heavy atom. The number of carbonyl (C=O) groups excluding carboxylic acids is 1. The van der Waals surface area contributed by atoms with Crippen molar-refractivity contribution in [3.63, 3.8) is 0 Å². The zero-order valence-corrected chi connectivity index (χ0v) is 18.1. The number of likely N-dealkylation sites (tertiary alicyclic amines) is 1. The fourth-order valence-electron chi connectivity index (χ4n) is 4.31. The maximum atomic E-state index is 12.5. The van der Waals surface area contributed by atoms with Gasteiger partial charge < -0.3 is 15.1 Å². The number of likely N-dealkylation sites (N-methyl/N-ethyl adjacent to an activating group) is 1. The molecule has 2 aliphatic rings. The average Bonchev–Trinajstić information content (AvgIpc) is 2.80. The van der Waals surface area contributed by atoms with E-state index in [9.17, 15) is 4.79 Å². The number of benzene rings is 2. The van der Waals surface area contributed by atoms with Crippen LogP contribution in [0.25, 0.3) is 0 Å². The summed E-state index contributed by atoms with van der Waals surface area (Å²) in [6, 6.07) is 16.7. The van der Waals surface area contributed by atoms with Crippen LogP contribution in [0.15, 0.2) is 48.5 Å². The van der Waals surface area contributed by atoms with E-state index in [1.807, 2.05) is 12.1 Å². The van der Waals surface area contributed by atoms with Crippen LogP contribution < -0.4 is 10.2 Å². The Kier molecular flexibility index (Phi) is 7.03. The number of hydrogen-bond acceptors (Lipinski definition) is 4. The van der Waals surface area contributed by atoms with E-state index in [1.54, 1.807) is 0 Å². The summed E-state index contributed by atoms with van der Waals surface area (Å²) in [5.74, 6) is -0.0114. The first-order valence-electron chi connectivity index (χ1n) is 11.3. The van der Waals surface area contributed by atoms with Crippen molar-refractivity contribution in [3.05, 3.63) is 65.2 Å². The molecule has 2 fully saturated rings. The van der Waals surface area contributed by atoms with Gasteiger partial charge in [-0.3, -0.25) is 9.69 Å². The molecule has 0 radical (unpaired) electrons. The predicted molar refractivity (Wildman–Crippen MR) is 123 cm³/mol. The van der Waals surface area contributed by atoms with Crippen molar-refractivity contribution < 1.29 is 4.79 Å². The molecule has 2 aromatic carbocycles. The third-order valence-electron chi connectivity index (χ3n) is 6.33. The van der Waals surface area contributed by atoms with Crippen LogP contribution in [0.2, 0.25) is 0 Å². The molecule has 160 valence electrons. The Hall–Kier alpha value is -2.37. The van der Waals surface area contributed by atoms with E-state index < -0.39 is 0 Å². The quantitative estimate of drug-likeness (QED) is 0.799.